The third kappa shape index (κ3) is 3.15. The highest BCUT2D eigenvalue weighted by atomic mass is 35.5. The van der Waals surface area contributed by atoms with Crippen LogP contribution < -0.4 is 0 Å². The van der Waals surface area contributed by atoms with E-state index in [2.05, 4.69) is 4.98 Å². The first-order chi connectivity index (χ1) is 11.7. The summed E-state index contributed by atoms with van der Waals surface area (Å²) in [5.41, 5.74) is -0.518. The molecule has 0 bridgehead atoms. The standard InChI is InChI=1S/C15H14ClF3N4O2/c1-9-12(14(25)22-4-2-21(8-24)3-5-22)23-7-10(15(17,18)19)6-11(16)13(23)20-9/h6-8H,2-5H2,1H3. The number of pyridine rings is 1. The molecule has 3 heterocycles. The van der Waals surface area contributed by atoms with E-state index in [4.69, 9.17) is 11.6 Å². The molecule has 0 unspecified atom stereocenters. The lowest BCUT2D eigenvalue weighted by Gasteiger charge is -2.32. The summed E-state index contributed by atoms with van der Waals surface area (Å²) in [5.74, 6) is -0.439. The molecule has 0 N–H and O–H groups in total. The van der Waals surface area contributed by atoms with Crippen LogP contribution in [0.15, 0.2) is 12.3 Å². The summed E-state index contributed by atoms with van der Waals surface area (Å²) in [6, 6.07) is 0.792. The van der Waals surface area contributed by atoms with Crippen LogP contribution >= 0.6 is 11.6 Å². The molecule has 0 atom stereocenters. The lowest BCUT2D eigenvalue weighted by atomic mass is 10.2. The molecule has 0 spiro atoms. The number of carbonyl (C=O) groups is 2. The smallest absolute Gasteiger partial charge is 0.342 e. The minimum atomic E-state index is -4.59. The lowest BCUT2D eigenvalue weighted by Crippen LogP contribution is -2.48. The summed E-state index contributed by atoms with van der Waals surface area (Å²) in [6.45, 7) is 2.90. The molecule has 0 aromatic carbocycles. The summed E-state index contributed by atoms with van der Waals surface area (Å²) in [4.78, 5) is 30.7. The Morgan fingerprint density at radius 3 is 2.48 bits per heavy atom. The largest absolute Gasteiger partial charge is 0.417 e. The normalized spacial score (nSPS) is 15.7. The number of halogens is 4. The van der Waals surface area contributed by atoms with Crippen LogP contribution in [0.1, 0.15) is 21.7 Å². The van der Waals surface area contributed by atoms with Crippen molar-refractivity contribution in [3.8, 4) is 0 Å². The van der Waals surface area contributed by atoms with Crippen molar-refractivity contribution in [3.63, 3.8) is 0 Å². The van der Waals surface area contributed by atoms with Crippen LogP contribution in [-0.4, -0.2) is 57.7 Å². The molecule has 2 aromatic rings. The second kappa shape index (κ2) is 6.21. The van der Waals surface area contributed by atoms with Crippen molar-refractivity contribution in [1.29, 1.82) is 0 Å². The van der Waals surface area contributed by atoms with Gasteiger partial charge in [-0.05, 0) is 13.0 Å². The van der Waals surface area contributed by atoms with E-state index in [0.717, 1.165) is 16.7 Å². The number of hydrogen-bond acceptors (Lipinski definition) is 3. The van der Waals surface area contributed by atoms with Gasteiger partial charge in [0.2, 0.25) is 6.41 Å². The highest BCUT2D eigenvalue weighted by Gasteiger charge is 2.33. The summed E-state index contributed by atoms with van der Waals surface area (Å²) >= 11 is 5.93. The molecule has 1 saturated heterocycles. The molecule has 1 aliphatic heterocycles. The van der Waals surface area contributed by atoms with Crippen LogP contribution in [0.3, 0.4) is 0 Å². The van der Waals surface area contributed by atoms with E-state index in [1.807, 2.05) is 0 Å². The van der Waals surface area contributed by atoms with E-state index in [1.54, 1.807) is 6.92 Å². The molecule has 0 radical (unpaired) electrons. The van der Waals surface area contributed by atoms with Crippen LogP contribution in [0.2, 0.25) is 5.02 Å². The Labute approximate surface area is 145 Å². The number of piperazine rings is 1. The number of nitrogens with zero attached hydrogens (tertiary/aromatic N) is 4. The van der Waals surface area contributed by atoms with E-state index < -0.39 is 17.6 Å². The highest BCUT2D eigenvalue weighted by molar-refractivity contribution is 6.33. The average Bonchev–Trinajstić information content (AvgIpc) is 2.90. The monoisotopic (exact) mass is 374 g/mol. The third-order valence-corrected chi connectivity index (χ3v) is 4.41. The number of hydrogen-bond donors (Lipinski definition) is 0. The van der Waals surface area contributed by atoms with E-state index in [9.17, 15) is 22.8 Å². The van der Waals surface area contributed by atoms with Crippen molar-refractivity contribution in [1.82, 2.24) is 19.2 Å². The molecule has 2 aromatic heterocycles. The van der Waals surface area contributed by atoms with Gasteiger partial charge < -0.3 is 9.80 Å². The zero-order valence-corrected chi connectivity index (χ0v) is 13.9. The molecule has 0 saturated carbocycles. The molecule has 2 amide bonds. The Hall–Kier alpha value is -2.29. The zero-order chi connectivity index (χ0) is 18.4. The number of alkyl halides is 3. The van der Waals surface area contributed by atoms with Crippen LogP contribution in [0, 0.1) is 6.92 Å². The third-order valence-electron chi connectivity index (χ3n) is 4.13. The Balaban J connectivity index is 2.03. The minimum absolute atomic E-state index is 0.0440. The fourth-order valence-electron chi connectivity index (χ4n) is 2.81. The Kier molecular flexibility index (Phi) is 4.36. The Morgan fingerprint density at radius 1 is 1.28 bits per heavy atom. The number of aryl methyl sites for hydroxylation is 1. The van der Waals surface area contributed by atoms with Gasteiger partial charge in [0.15, 0.2) is 5.65 Å². The van der Waals surface area contributed by atoms with Gasteiger partial charge in [0.1, 0.15) is 5.69 Å². The number of rotatable bonds is 2. The van der Waals surface area contributed by atoms with Crippen molar-refractivity contribution in [2.75, 3.05) is 26.2 Å². The summed E-state index contributed by atoms with van der Waals surface area (Å²) in [5, 5.41) is -0.178. The summed E-state index contributed by atoms with van der Waals surface area (Å²) in [6.07, 6.45) is -3.06. The fraction of sp³-hybridized carbons (Fsp3) is 0.400. The van der Waals surface area contributed by atoms with Crippen LogP contribution in [0.5, 0.6) is 0 Å². The van der Waals surface area contributed by atoms with Gasteiger partial charge in [-0.25, -0.2) is 4.98 Å². The number of amides is 2. The summed E-state index contributed by atoms with van der Waals surface area (Å²) in [7, 11) is 0. The predicted molar refractivity (Wildman–Crippen MR) is 83.5 cm³/mol. The maximum absolute atomic E-state index is 13.0. The number of imidazole rings is 1. The molecule has 1 fully saturated rings. The van der Waals surface area contributed by atoms with Gasteiger partial charge in [-0.3, -0.25) is 14.0 Å². The van der Waals surface area contributed by atoms with Crippen molar-refractivity contribution in [2.45, 2.75) is 13.1 Å². The highest BCUT2D eigenvalue weighted by Crippen LogP contribution is 2.33. The molecule has 0 aliphatic carbocycles. The predicted octanol–water partition coefficient (Wildman–Crippen LogP) is 2.23. The molecule has 1 aliphatic rings. The first-order valence-electron chi connectivity index (χ1n) is 7.46. The van der Waals surface area contributed by atoms with Gasteiger partial charge in [-0.15, -0.1) is 0 Å². The Morgan fingerprint density at radius 2 is 1.92 bits per heavy atom. The van der Waals surface area contributed by atoms with Gasteiger partial charge in [-0.2, -0.15) is 13.2 Å². The second-order valence-electron chi connectivity index (χ2n) is 5.75. The van der Waals surface area contributed by atoms with E-state index >= 15 is 0 Å². The molecule has 25 heavy (non-hydrogen) atoms. The number of fused-ring (bicyclic) bond motifs is 1. The maximum atomic E-state index is 13.0. The molecular formula is C15H14ClF3N4O2. The van der Waals surface area contributed by atoms with Crippen molar-refractivity contribution in [3.05, 3.63) is 34.2 Å². The second-order valence-corrected chi connectivity index (χ2v) is 6.15. The Bertz CT molecular complexity index is 841. The molecule has 134 valence electrons. The van der Waals surface area contributed by atoms with Crippen LogP contribution in [0.4, 0.5) is 13.2 Å². The minimum Gasteiger partial charge on any atom is -0.342 e. The van der Waals surface area contributed by atoms with Crippen molar-refractivity contribution >= 4 is 29.6 Å². The SMILES string of the molecule is Cc1nc2c(Cl)cc(C(F)(F)F)cn2c1C(=O)N1CCN(C=O)CC1. The number of aromatic nitrogens is 2. The first-order valence-corrected chi connectivity index (χ1v) is 7.84. The number of carbonyl (C=O) groups excluding carboxylic acids is 2. The lowest BCUT2D eigenvalue weighted by molar-refractivity contribution is -0.137. The van der Waals surface area contributed by atoms with Gasteiger partial charge in [0, 0.05) is 32.4 Å². The topological polar surface area (TPSA) is 57.9 Å². The van der Waals surface area contributed by atoms with E-state index in [1.165, 1.54) is 9.80 Å². The summed E-state index contributed by atoms with van der Waals surface area (Å²) < 4.78 is 40.2. The quantitative estimate of drug-likeness (QED) is 0.757. The molecular weight excluding hydrogens is 361 g/mol. The van der Waals surface area contributed by atoms with Crippen LogP contribution in [0.25, 0.3) is 5.65 Å². The van der Waals surface area contributed by atoms with Gasteiger partial charge >= 0.3 is 6.18 Å². The van der Waals surface area contributed by atoms with Gasteiger partial charge in [0.25, 0.3) is 5.91 Å². The zero-order valence-electron chi connectivity index (χ0n) is 13.2. The first kappa shape index (κ1) is 17.5. The van der Waals surface area contributed by atoms with Gasteiger partial charge in [0.05, 0.1) is 16.3 Å². The maximum Gasteiger partial charge on any atom is 0.417 e. The van der Waals surface area contributed by atoms with E-state index in [0.29, 0.717) is 38.3 Å². The molecule has 3 rings (SSSR count). The van der Waals surface area contributed by atoms with Gasteiger partial charge in [-0.1, -0.05) is 11.6 Å². The van der Waals surface area contributed by atoms with Crippen molar-refractivity contribution in [2.24, 2.45) is 0 Å². The van der Waals surface area contributed by atoms with E-state index in [-0.39, 0.29) is 16.4 Å². The van der Waals surface area contributed by atoms with Crippen LogP contribution in [-0.2, 0) is 11.0 Å². The molecule has 6 nitrogen and oxygen atoms in total. The fourth-order valence-corrected chi connectivity index (χ4v) is 3.06. The average molecular weight is 375 g/mol. The van der Waals surface area contributed by atoms with Crippen molar-refractivity contribution < 1.29 is 22.8 Å². The molecule has 10 heteroatoms.